The summed E-state index contributed by atoms with van der Waals surface area (Å²) in [6.07, 6.45) is 0.197. The van der Waals surface area contributed by atoms with E-state index < -0.39 is 7.60 Å². The summed E-state index contributed by atoms with van der Waals surface area (Å²) < 4.78 is 28.6. The first-order valence-corrected chi connectivity index (χ1v) is 11.1. The number of carbonyl (C=O) groups excluding carboxylic acids is 1. The van der Waals surface area contributed by atoms with Crippen molar-refractivity contribution in [1.29, 1.82) is 0 Å². The summed E-state index contributed by atoms with van der Waals surface area (Å²) in [5.74, 6) is 0.367. The number of hydrogen-bond acceptors (Lipinski definition) is 6. The van der Waals surface area contributed by atoms with Crippen molar-refractivity contribution < 1.29 is 23.1 Å². The maximum Gasteiger partial charge on any atom is 0.335 e. The van der Waals surface area contributed by atoms with Crippen LogP contribution in [0.4, 0.5) is 5.69 Å². The van der Waals surface area contributed by atoms with Crippen molar-refractivity contribution in [3.05, 3.63) is 46.2 Å². The molecule has 2 rings (SSSR count). The lowest BCUT2D eigenvalue weighted by molar-refractivity contribution is 0.102. The van der Waals surface area contributed by atoms with Crippen molar-refractivity contribution in [2.45, 2.75) is 26.9 Å². The fraction of sp³-hybridized carbons (Fsp3) is 0.389. The van der Waals surface area contributed by atoms with E-state index in [1.165, 1.54) is 11.3 Å². The van der Waals surface area contributed by atoms with Crippen LogP contribution in [0.2, 0.25) is 0 Å². The van der Waals surface area contributed by atoms with E-state index in [0.717, 1.165) is 5.56 Å². The predicted octanol–water partition coefficient (Wildman–Crippen LogP) is 5.17. The Hall–Kier alpha value is -1.66. The number of amides is 1. The first kappa shape index (κ1) is 20.6. The third-order valence-corrected chi connectivity index (χ3v) is 6.32. The lowest BCUT2D eigenvalue weighted by Gasteiger charge is -2.17. The van der Waals surface area contributed by atoms with Gasteiger partial charge in [-0.25, -0.2) is 0 Å². The fourth-order valence-corrected chi connectivity index (χ4v) is 4.79. The molecule has 0 aliphatic rings. The molecular formula is C18H24NO5PS. The predicted molar refractivity (Wildman–Crippen MR) is 104 cm³/mol. The second-order valence-electron chi connectivity index (χ2n) is 5.30. The SMILES string of the molecule is CCOc1ccsc1C(=O)Nc1ccc(CP(=O)(OCC)OCC)cc1. The van der Waals surface area contributed by atoms with Crippen LogP contribution < -0.4 is 10.1 Å². The number of thiophene rings is 1. The standard InChI is InChI=1S/C18H24NO5PS/c1-4-22-16-11-12-26-17(16)18(20)19-15-9-7-14(8-10-15)13-25(21,23-5-2)24-6-3/h7-12H,4-6,13H2,1-3H3,(H,19,20). The van der Waals surface area contributed by atoms with Crippen LogP contribution in [0.3, 0.4) is 0 Å². The molecule has 0 atom stereocenters. The van der Waals surface area contributed by atoms with Gasteiger partial charge < -0.3 is 19.1 Å². The van der Waals surface area contributed by atoms with Gasteiger partial charge in [-0.3, -0.25) is 9.36 Å². The molecular weight excluding hydrogens is 373 g/mol. The van der Waals surface area contributed by atoms with Gasteiger partial charge in [0.1, 0.15) is 10.6 Å². The van der Waals surface area contributed by atoms with Gasteiger partial charge in [0.15, 0.2) is 0 Å². The molecule has 1 heterocycles. The van der Waals surface area contributed by atoms with E-state index in [1.807, 2.05) is 12.3 Å². The molecule has 0 unspecified atom stereocenters. The number of benzene rings is 1. The highest BCUT2D eigenvalue weighted by molar-refractivity contribution is 7.53. The topological polar surface area (TPSA) is 73.9 Å². The molecule has 0 saturated heterocycles. The highest BCUT2D eigenvalue weighted by atomic mass is 32.1. The van der Waals surface area contributed by atoms with Crippen LogP contribution in [-0.2, 0) is 19.8 Å². The van der Waals surface area contributed by atoms with E-state index in [-0.39, 0.29) is 12.1 Å². The minimum Gasteiger partial charge on any atom is -0.492 e. The summed E-state index contributed by atoms with van der Waals surface area (Å²) in [5.41, 5.74) is 1.47. The number of ether oxygens (including phenoxy) is 1. The number of rotatable bonds is 10. The molecule has 0 aliphatic carbocycles. The lowest BCUT2D eigenvalue weighted by atomic mass is 10.2. The number of nitrogens with one attached hydrogen (secondary N) is 1. The van der Waals surface area contributed by atoms with Crippen LogP contribution in [0.5, 0.6) is 5.75 Å². The average Bonchev–Trinajstić information content (AvgIpc) is 3.06. The summed E-state index contributed by atoms with van der Waals surface area (Å²) in [5, 5.41) is 4.66. The summed E-state index contributed by atoms with van der Waals surface area (Å²) >= 11 is 1.33. The van der Waals surface area contributed by atoms with Gasteiger partial charge in [0.25, 0.3) is 5.91 Å². The minimum absolute atomic E-state index is 0.197. The molecule has 26 heavy (non-hydrogen) atoms. The van der Waals surface area contributed by atoms with Gasteiger partial charge in [-0.15, -0.1) is 11.3 Å². The van der Waals surface area contributed by atoms with Gasteiger partial charge in [-0.2, -0.15) is 0 Å². The quantitative estimate of drug-likeness (QED) is 0.560. The van der Waals surface area contributed by atoms with Crippen LogP contribution in [0.1, 0.15) is 36.0 Å². The van der Waals surface area contributed by atoms with Crippen molar-refractivity contribution in [2.24, 2.45) is 0 Å². The summed E-state index contributed by atoms with van der Waals surface area (Å²) in [7, 11) is -3.14. The van der Waals surface area contributed by atoms with E-state index in [2.05, 4.69) is 5.32 Å². The van der Waals surface area contributed by atoms with Crippen LogP contribution in [-0.4, -0.2) is 25.7 Å². The maximum atomic E-state index is 12.6. The van der Waals surface area contributed by atoms with Gasteiger partial charge >= 0.3 is 7.60 Å². The largest absolute Gasteiger partial charge is 0.492 e. The maximum absolute atomic E-state index is 12.6. The third kappa shape index (κ3) is 5.68. The van der Waals surface area contributed by atoms with Crippen LogP contribution >= 0.6 is 18.9 Å². The molecule has 0 saturated carbocycles. The normalized spacial score (nSPS) is 11.3. The van der Waals surface area contributed by atoms with Crippen molar-refractivity contribution >= 4 is 30.5 Å². The molecule has 8 heteroatoms. The van der Waals surface area contributed by atoms with Crippen molar-refractivity contribution in [1.82, 2.24) is 0 Å². The average molecular weight is 397 g/mol. The molecule has 0 bridgehead atoms. The molecule has 1 N–H and O–H groups in total. The van der Waals surface area contributed by atoms with Gasteiger partial charge in [-0.05, 0) is 49.9 Å². The molecule has 0 spiro atoms. The Morgan fingerprint density at radius 3 is 2.27 bits per heavy atom. The van der Waals surface area contributed by atoms with E-state index in [0.29, 0.717) is 36.1 Å². The number of carbonyl (C=O) groups is 1. The Kier molecular flexibility index (Phi) is 7.85. The van der Waals surface area contributed by atoms with Gasteiger partial charge in [0.2, 0.25) is 0 Å². The van der Waals surface area contributed by atoms with Gasteiger partial charge in [0, 0.05) is 5.69 Å². The molecule has 0 aliphatic heterocycles. The lowest BCUT2D eigenvalue weighted by Crippen LogP contribution is -2.11. The van der Waals surface area contributed by atoms with Gasteiger partial charge in [0.05, 0.1) is 26.0 Å². The monoisotopic (exact) mass is 397 g/mol. The highest BCUT2D eigenvalue weighted by Gasteiger charge is 2.24. The van der Waals surface area contributed by atoms with Crippen LogP contribution in [0.25, 0.3) is 0 Å². The minimum atomic E-state index is -3.14. The zero-order chi connectivity index (χ0) is 19.0. The van der Waals surface area contributed by atoms with Crippen LogP contribution in [0.15, 0.2) is 35.7 Å². The summed E-state index contributed by atoms with van der Waals surface area (Å²) in [6, 6.07) is 8.92. The van der Waals surface area contributed by atoms with E-state index in [9.17, 15) is 9.36 Å². The van der Waals surface area contributed by atoms with E-state index >= 15 is 0 Å². The van der Waals surface area contributed by atoms with Gasteiger partial charge in [-0.1, -0.05) is 12.1 Å². The zero-order valence-electron chi connectivity index (χ0n) is 15.2. The highest BCUT2D eigenvalue weighted by Crippen LogP contribution is 2.51. The molecule has 0 radical (unpaired) electrons. The molecule has 0 fully saturated rings. The molecule has 2 aromatic rings. The molecule has 1 aromatic heterocycles. The zero-order valence-corrected chi connectivity index (χ0v) is 16.9. The molecule has 1 aromatic carbocycles. The number of anilines is 1. The fourth-order valence-electron chi connectivity index (χ4n) is 2.36. The van der Waals surface area contributed by atoms with E-state index in [4.69, 9.17) is 13.8 Å². The Bertz CT molecular complexity index is 749. The Labute approximate surface area is 158 Å². The van der Waals surface area contributed by atoms with Crippen molar-refractivity contribution in [2.75, 3.05) is 25.1 Å². The Morgan fingerprint density at radius 1 is 1.04 bits per heavy atom. The third-order valence-electron chi connectivity index (χ3n) is 3.37. The first-order chi connectivity index (χ1) is 12.5. The second-order valence-corrected chi connectivity index (χ2v) is 8.27. The second kappa shape index (κ2) is 9.88. The summed E-state index contributed by atoms with van der Waals surface area (Å²) in [6.45, 7) is 6.60. The number of hydrogen-bond donors (Lipinski definition) is 1. The summed E-state index contributed by atoms with van der Waals surface area (Å²) in [4.78, 5) is 12.9. The molecule has 6 nitrogen and oxygen atoms in total. The smallest absolute Gasteiger partial charge is 0.335 e. The van der Waals surface area contributed by atoms with Crippen LogP contribution in [0, 0.1) is 0 Å². The van der Waals surface area contributed by atoms with Crippen molar-refractivity contribution in [3.8, 4) is 5.75 Å². The van der Waals surface area contributed by atoms with Crippen molar-refractivity contribution in [3.63, 3.8) is 0 Å². The van der Waals surface area contributed by atoms with E-state index in [1.54, 1.807) is 44.2 Å². The molecule has 1 amide bonds. The Balaban J connectivity index is 2.04. The Morgan fingerprint density at radius 2 is 1.69 bits per heavy atom. The first-order valence-electron chi connectivity index (χ1n) is 8.50. The molecule has 142 valence electrons.